The Bertz CT molecular complexity index is 154. The third-order valence-electron chi connectivity index (χ3n) is 0.788. The van der Waals surface area contributed by atoms with Gasteiger partial charge >= 0.3 is 19.9 Å². The van der Waals surface area contributed by atoms with Gasteiger partial charge in [0.2, 0.25) is 0 Å². The predicted molar refractivity (Wildman–Crippen MR) is 28.5 cm³/mol. The van der Waals surface area contributed by atoms with E-state index in [1.165, 1.54) is 6.20 Å². The quantitative estimate of drug-likeness (QED) is 0.433. The molecule has 1 N–H and O–H groups in total. The lowest BCUT2D eigenvalue weighted by Gasteiger charge is -1.74. The van der Waals surface area contributed by atoms with Crippen LogP contribution in [-0.4, -0.2) is 12.5 Å². The molecule has 3 heteroatoms. The normalized spacial score (nSPS) is 7.62. The lowest BCUT2D eigenvalue weighted by Crippen LogP contribution is -2.16. The average molecular weight is 105 g/mol. The third kappa shape index (κ3) is 0.985. The maximum absolute atomic E-state index is 8.36. The van der Waals surface area contributed by atoms with E-state index in [0.717, 1.165) is 7.48 Å². The molecule has 2 nitrogen and oxygen atoms in total. The van der Waals surface area contributed by atoms with E-state index in [0.29, 0.717) is 5.46 Å². The zero-order chi connectivity index (χ0) is 5.82. The lowest BCUT2D eigenvalue weighted by atomic mass is 9.91. The molecular weight excluding hydrogens is 101 g/mol. The molecule has 0 unspecified atom stereocenters. The summed E-state index contributed by atoms with van der Waals surface area (Å²) in [5, 5.41) is 8.36. The minimum atomic E-state index is 0.698. The molecule has 0 saturated heterocycles. The summed E-state index contributed by atoms with van der Waals surface area (Å²) in [5.74, 6) is 0. The second-order valence-corrected chi connectivity index (χ2v) is 1.35. The van der Waals surface area contributed by atoms with Crippen molar-refractivity contribution in [3.63, 3.8) is 0 Å². The highest BCUT2D eigenvalue weighted by molar-refractivity contribution is 6.45. The zero-order valence-electron chi connectivity index (χ0n) is 4.20. The van der Waals surface area contributed by atoms with Gasteiger partial charge in [0.05, 0.1) is 6.07 Å². The van der Waals surface area contributed by atoms with E-state index < -0.39 is 0 Å². The molecular formula is C5H4BNO+. The van der Waals surface area contributed by atoms with E-state index in [1.807, 2.05) is 0 Å². The Kier molecular flexibility index (Phi) is 1.50. The van der Waals surface area contributed by atoms with Gasteiger partial charge in [-0.25, -0.2) is 0 Å². The lowest BCUT2D eigenvalue weighted by molar-refractivity contribution is -0.292. The van der Waals surface area contributed by atoms with E-state index in [1.54, 1.807) is 12.1 Å². The first kappa shape index (κ1) is 5.14. The molecule has 1 radical (unpaired) electrons. The molecule has 0 fully saturated rings. The van der Waals surface area contributed by atoms with Crippen molar-refractivity contribution in [2.75, 3.05) is 0 Å². The Hall–Kier alpha value is -1.01. The van der Waals surface area contributed by atoms with Crippen molar-refractivity contribution >= 4 is 12.9 Å². The van der Waals surface area contributed by atoms with Crippen molar-refractivity contribution in [3.05, 3.63) is 24.5 Å². The van der Waals surface area contributed by atoms with E-state index in [4.69, 9.17) is 5.02 Å². The van der Waals surface area contributed by atoms with Crippen LogP contribution >= 0.6 is 0 Å². The summed E-state index contributed by atoms with van der Waals surface area (Å²) in [7, 11) is 1.00. The summed E-state index contributed by atoms with van der Waals surface area (Å²) in [4.78, 5) is 3.64. The smallest absolute Gasteiger partial charge is 0.334 e. The number of hydrogen-bond acceptors (Lipinski definition) is 1. The summed E-state index contributed by atoms with van der Waals surface area (Å²) in [6, 6.07) is 3.36. The number of nitrogens with zero attached hydrogens (tertiary/aromatic N) is 1. The van der Waals surface area contributed by atoms with Gasteiger partial charge in [-0.2, -0.15) is 0 Å². The fraction of sp³-hybridized carbons (Fsp3) is 0. The minimum absolute atomic E-state index is 0.698. The van der Waals surface area contributed by atoms with Gasteiger partial charge in [-0.05, 0) is 11.1 Å². The summed E-state index contributed by atoms with van der Waals surface area (Å²) in [6.45, 7) is 0. The third-order valence-corrected chi connectivity index (χ3v) is 0.788. The molecule has 0 saturated carbocycles. The van der Waals surface area contributed by atoms with Crippen LogP contribution in [0.3, 0.4) is 0 Å². The standard InChI is InChI=1S/C5H4BNO/c8-6-5-2-1-3-7-4-5/h1-2,4,8H/q+1. The van der Waals surface area contributed by atoms with Crippen LogP contribution in [0.25, 0.3) is 0 Å². The predicted octanol–water partition coefficient (Wildman–Crippen LogP) is -1.68. The van der Waals surface area contributed by atoms with Gasteiger partial charge in [0.1, 0.15) is 0 Å². The Labute approximate surface area is 48.5 Å². The molecule has 0 atom stereocenters. The molecule has 0 aliphatic carbocycles. The van der Waals surface area contributed by atoms with Crippen LogP contribution < -0.4 is 10.4 Å². The maximum Gasteiger partial charge on any atom is 0.334 e. The van der Waals surface area contributed by atoms with Crippen LogP contribution in [0.1, 0.15) is 0 Å². The van der Waals surface area contributed by atoms with Crippen molar-refractivity contribution in [2.24, 2.45) is 0 Å². The van der Waals surface area contributed by atoms with Crippen molar-refractivity contribution in [1.29, 1.82) is 0 Å². The highest BCUT2D eigenvalue weighted by Crippen LogP contribution is 1.63. The summed E-state index contributed by atoms with van der Waals surface area (Å²) >= 11 is 0. The van der Waals surface area contributed by atoms with E-state index in [2.05, 4.69) is 11.2 Å². The van der Waals surface area contributed by atoms with Gasteiger partial charge in [-0.3, -0.25) is 0 Å². The van der Waals surface area contributed by atoms with E-state index in [9.17, 15) is 0 Å². The van der Waals surface area contributed by atoms with Crippen LogP contribution in [0.4, 0.5) is 0 Å². The largest absolute Gasteiger partial charge is 0.450 e. The fourth-order valence-electron chi connectivity index (χ4n) is 0.408. The van der Waals surface area contributed by atoms with Crippen molar-refractivity contribution < 1.29 is 10.0 Å². The van der Waals surface area contributed by atoms with Gasteiger partial charge in [0.15, 0.2) is 0 Å². The van der Waals surface area contributed by atoms with Gasteiger partial charge in [-0.15, -0.1) is 0 Å². The van der Waals surface area contributed by atoms with Gasteiger partial charge in [0, 0.05) is 5.46 Å². The molecule has 0 aliphatic rings. The second-order valence-electron chi connectivity index (χ2n) is 1.35. The maximum atomic E-state index is 8.36. The van der Waals surface area contributed by atoms with Crippen LogP contribution in [-0.2, 0) is 0 Å². The van der Waals surface area contributed by atoms with Gasteiger partial charge < -0.3 is 5.02 Å². The van der Waals surface area contributed by atoms with E-state index >= 15 is 0 Å². The van der Waals surface area contributed by atoms with Gasteiger partial charge in [-0.1, -0.05) is 0 Å². The second kappa shape index (κ2) is 2.34. The fourth-order valence-corrected chi connectivity index (χ4v) is 0.408. The van der Waals surface area contributed by atoms with Crippen molar-refractivity contribution in [1.82, 2.24) is 0 Å². The van der Waals surface area contributed by atoms with Crippen LogP contribution in [0.15, 0.2) is 18.3 Å². The summed E-state index contributed by atoms with van der Waals surface area (Å²) in [5.41, 5.74) is 0.698. The van der Waals surface area contributed by atoms with Crippen molar-refractivity contribution in [3.8, 4) is 0 Å². The highest BCUT2D eigenvalue weighted by Gasteiger charge is 1.93. The molecule has 8 heavy (non-hydrogen) atoms. The first-order chi connectivity index (χ1) is 3.93. The Morgan fingerprint density at radius 3 is 3.00 bits per heavy atom. The number of rotatable bonds is 1. The summed E-state index contributed by atoms with van der Waals surface area (Å²) < 4.78 is 0. The Morgan fingerprint density at radius 1 is 1.75 bits per heavy atom. The molecule has 0 amide bonds. The first-order valence-corrected chi connectivity index (χ1v) is 2.23. The molecule has 1 heterocycles. The molecule has 37 valence electrons. The molecule has 1 aromatic rings. The number of aromatic nitrogens is 1. The zero-order valence-corrected chi connectivity index (χ0v) is 4.20. The molecule has 0 aliphatic heterocycles. The highest BCUT2D eigenvalue weighted by atomic mass is 16.2. The number of hydrogen-bond donors (Lipinski definition) is 1. The molecule has 0 bridgehead atoms. The monoisotopic (exact) mass is 105 g/mol. The van der Waals surface area contributed by atoms with Crippen LogP contribution in [0.5, 0.6) is 0 Å². The molecule has 0 spiro atoms. The Balaban J connectivity index is 2.83. The molecule has 0 aromatic carbocycles. The Morgan fingerprint density at radius 2 is 2.62 bits per heavy atom. The van der Waals surface area contributed by atoms with Crippen LogP contribution in [0.2, 0.25) is 0 Å². The van der Waals surface area contributed by atoms with Gasteiger partial charge in [0.25, 0.3) is 0 Å². The average Bonchev–Trinajstić information content (AvgIpc) is 1.90. The topological polar surface area (TPSA) is 34.3 Å². The van der Waals surface area contributed by atoms with Crippen LogP contribution in [0, 0.1) is 6.20 Å². The molecule has 1 rings (SSSR count). The first-order valence-electron chi connectivity index (χ1n) is 2.23. The van der Waals surface area contributed by atoms with E-state index in [-0.39, 0.29) is 0 Å². The SMILES string of the molecule is O[B]c1ccc#[n+]c1. The summed E-state index contributed by atoms with van der Waals surface area (Å²) in [6.07, 6.45) is 4.11. The van der Waals surface area contributed by atoms with Crippen molar-refractivity contribution in [2.45, 2.75) is 0 Å². The molecule has 1 aromatic heterocycles. The minimum Gasteiger partial charge on any atom is -0.450 e.